The fraction of sp³-hybridized carbons (Fsp3) is 0.158. The summed E-state index contributed by atoms with van der Waals surface area (Å²) < 4.78 is 0. The van der Waals surface area contributed by atoms with Crippen molar-refractivity contribution < 1.29 is 4.79 Å². The van der Waals surface area contributed by atoms with Gasteiger partial charge < -0.3 is 16.0 Å². The van der Waals surface area contributed by atoms with Gasteiger partial charge in [0.1, 0.15) is 5.82 Å². The normalized spacial score (nSPS) is 10.2. The molecule has 0 saturated heterocycles. The van der Waals surface area contributed by atoms with E-state index in [1.807, 2.05) is 49.4 Å². The summed E-state index contributed by atoms with van der Waals surface area (Å²) in [6.07, 6.45) is 3.51. The Balaban J connectivity index is 1.68. The number of rotatable bonds is 6. The Labute approximate surface area is 151 Å². The van der Waals surface area contributed by atoms with E-state index >= 15 is 0 Å². The third-order valence-corrected chi connectivity index (χ3v) is 3.53. The summed E-state index contributed by atoms with van der Waals surface area (Å²) in [5, 5.41) is 9.21. The highest BCUT2D eigenvalue weighted by atomic mass is 16.1. The molecule has 0 spiro atoms. The number of nitrogens with zero attached hydrogens (tertiary/aromatic N) is 3. The molecule has 0 bridgehead atoms. The Kier molecular flexibility index (Phi) is 5.38. The molecule has 3 aromatic rings. The van der Waals surface area contributed by atoms with Gasteiger partial charge >= 0.3 is 0 Å². The van der Waals surface area contributed by atoms with Gasteiger partial charge in [0.05, 0.1) is 0 Å². The highest BCUT2D eigenvalue weighted by Crippen LogP contribution is 2.19. The average molecular weight is 348 g/mol. The molecule has 1 amide bonds. The van der Waals surface area contributed by atoms with Crippen LogP contribution in [0.3, 0.4) is 0 Å². The monoisotopic (exact) mass is 348 g/mol. The maximum Gasteiger partial charge on any atom is 0.225 e. The summed E-state index contributed by atoms with van der Waals surface area (Å²) in [6, 6.07) is 13.2. The molecule has 0 aliphatic carbocycles. The molecule has 0 fully saturated rings. The van der Waals surface area contributed by atoms with E-state index in [-0.39, 0.29) is 5.91 Å². The van der Waals surface area contributed by atoms with Gasteiger partial charge in [0.25, 0.3) is 0 Å². The first-order valence-electron chi connectivity index (χ1n) is 8.21. The lowest BCUT2D eigenvalue weighted by molar-refractivity contribution is -0.114. The topological polar surface area (TPSA) is 91.8 Å². The predicted octanol–water partition coefficient (Wildman–Crippen LogP) is 3.49. The summed E-state index contributed by atoms with van der Waals surface area (Å²) >= 11 is 0. The number of benzene rings is 1. The zero-order valence-electron chi connectivity index (χ0n) is 14.7. The number of pyridine rings is 1. The van der Waals surface area contributed by atoms with Gasteiger partial charge in [-0.3, -0.25) is 9.78 Å². The van der Waals surface area contributed by atoms with Gasteiger partial charge in [0.15, 0.2) is 0 Å². The molecule has 26 heavy (non-hydrogen) atoms. The summed E-state index contributed by atoms with van der Waals surface area (Å²) in [7, 11) is 0. The molecule has 3 N–H and O–H groups in total. The second-order valence-corrected chi connectivity index (χ2v) is 5.81. The standard InChI is InChI=1S/C19H20N6O/c1-13-11-18(24-17-5-3-16(4-6-17)23-14(2)26)25-19(22-13)21-12-15-7-9-20-10-8-15/h3-11H,12H2,1-2H3,(H,23,26)(H2,21,22,24,25). The van der Waals surface area contributed by atoms with Crippen molar-refractivity contribution in [2.45, 2.75) is 20.4 Å². The van der Waals surface area contributed by atoms with E-state index in [0.717, 1.165) is 22.6 Å². The molecular weight excluding hydrogens is 328 g/mol. The minimum Gasteiger partial charge on any atom is -0.350 e. The van der Waals surface area contributed by atoms with Crippen molar-refractivity contribution in [3.05, 3.63) is 66.1 Å². The molecule has 3 rings (SSSR count). The molecule has 0 radical (unpaired) electrons. The second kappa shape index (κ2) is 8.06. The molecule has 0 aliphatic heterocycles. The van der Waals surface area contributed by atoms with Gasteiger partial charge in [0.2, 0.25) is 11.9 Å². The summed E-state index contributed by atoms with van der Waals surface area (Å²) in [4.78, 5) is 24.0. The Morgan fingerprint density at radius 2 is 1.69 bits per heavy atom. The van der Waals surface area contributed by atoms with Crippen LogP contribution in [0.15, 0.2) is 54.9 Å². The van der Waals surface area contributed by atoms with Crippen molar-refractivity contribution in [3.63, 3.8) is 0 Å². The molecule has 1 aromatic carbocycles. The largest absolute Gasteiger partial charge is 0.350 e. The third kappa shape index (κ3) is 5.01. The fourth-order valence-corrected chi connectivity index (χ4v) is 2.38. The highest BCUT2D eigenvalue weighted by Gasteiger charge is 2.04. The number of hydrogen-bond donors (Lipinski definition) is 3. The van der Waals surface area contributed by atoms with Crippen molar-refractivity contribution in [1.29, 1.82) is 0 Å². The first-order valence-corrected chi connectivity index (χ1v) is 8.21. The summed E-state index contributed by atoms with van der Waals surface area (Å²) in [5.41, 5.74) is 3.58. The molecule has 7 heteroatoms. The maximum atomic E-state index is 11.1. The number of aromatic nitrogens is 3. The SMILES string of the molecule is CC(=O)Nc1ccc(Nc2cc(C)nc(NCc3ccncc3)n2)cc1. The second-order valence-electron chi connectivity index (χ2n) is 5.81. The van der Waals surface area contributed by atoms with Crippen LogP contribution in [0, 0.1) is 6.92 Å². The minimum absolute atomic E-state index is 0.0953. The van der Waals surface area contributed by atoms with Crippen molar-refractivity contribution in [2.75, 3.05) is 16.0 Å². The number of carbonyl (C=O) groups excluding carboxylic acids is 1. The number of aryl methyl sites for hydroxylation is 1. The number of amides is 1. The molecule has 2 aromatic heterocycles. The van der Waals surface area contributed by atoms with E-state index in [4.69, 9.17) is 0 Å². The maximum absolute atomic E-state index is 11.1. The zero-order chi connectivity index (χ0) is 18.4. The third-order valence-electron chi connectivity index (χ3n) is 3.53. The molecule has 2 heterocycles. The lowest BCUT2D eigenvalue weighted by Crippen LogP contribution is -2.07. The minimum atomic E-state index is -0.0953. The lowest BCUT2D eigenvalue weighted by Gasteiger charge is -2.10. The quantitative estimate of drug-likeness (QED) is 0.631. The van der Waals surface area contributed by atoms with Crippen LogP contribution < -0.4 is 16.0 Å². The van der Waals surface area contributed by atoms with Gasteiger partial charge in [-0.15, -0.1) is 0 Å². The highest BCUT2D eigenvalue weighted by molar-refractivity contribution is 5.88. The molecule has 0 atom stereocenters. The van der Waals surface area contributed by atoms with Gasteiger partial charge in [-0.25, -0.2) is 4.98 Å². The van der Waals surface area contributed by atoms with Crippen molar-refractivity contribution >= 4 is 29.0 Å². The number of anilines is 4. The Hall–Kier alpha value is -3.48. The smallest absolute Gasteiger partial charge is 0.225 e. The predicted molar refractivity (Wildman–Crippen MR) is 102 cm³/mol. The van der Waals surface area contributed by atoms with Crippen LogP contribution in [-0.2, 0) is 11.3 Å². The van der Waals surface area contributed by atoms with E-state index in [1.54, 1.807) is 12.4 Å². The first-order chi connectivity index (χ1) is 12.6. The fourth-order valence-electron chi connectivity index (χ4n) is 2.38. The van der Waals surface area contributed by atoms with Gasteiger partial charge in [-0.2, -0.15) is 4.98 Å². The number of hydrogen-bond acceptors (Lipinski definition) is 6. The van der Waals surface area contributed by atoms with E-state index < -0.39 is 0 Å². The molecule has 0 saturated carbocycles. The van der Waals surface area contributed by atoms with Crippen LogP contribution >= 0.6 is 0 Å². The molecule has 132 valence electrons. The molecule has 7 nitrogen and oxygen atoms in total. The molecular formula is C19H20N6O. The first kappa shape index (κ1) is 17.3. The van der Waals surface area contributed by atoms with Crippen molar-refractivity contribution in [3.8, 4) is 0 Å². The Morgan fingerprint density at radius 1 is 1.00 bits per heavy atom. The van der Waals surface area contributed by atoms with Gasteiger partial charge in [-0.1, -0.05) is 0 Å². The molecule has 0 unspecified atom stereocenters. The number of carbonyl (C=O) groups is 1. The molecule has 0 aliphatic rings. The average Bonchev–Trinajstić information content (AvgIpc) is 2.62. The summed E-state index contributed by atoms with van der Waals surface area (Å²) in [6.45, 7) is 4.03. The number of nitrogens with one attached hydrogen (secondary N) is 3. The van der Waals surface area contributed by atoms with Gasteiger partial charge in [0, 0.05) is 49.0 Å². The van der Waals surface area contributed by atoms with Crippen LogP contribution in [0.25, 0.3) is 0 Å². The van der Waals surface area contributed by atoms with E-state index in [0.29, 0.717) is 18.3 Å². The Morgan fingerprint density at radius 3 is 2.38 bits per heavy atom. The Bertz CT molecular complexity index is 880. The van der Waals surface area contributed by atoms with E-state index in [9.17, 15) is 4.79 Å². The van der Waals surface area contributed by atoms with Crippen LogP contribution in [0.2, 0.25) is 0 Å². The van der Waals surface area contributed by atoms with Crippen LogP contribution in [0.1, 0.15) is 18.2 Å². The zero-order valence-corrected chi connectivity index (χ0v) is 14.7. The van der Waals surface area contributed by atoms with Gasteiger partial charge in [-0.05, 0) is 48.9 Å². The van der Waals surface area contributed by atoms with Crippen molar-refractivity contribution in [1.82, 2.24) is 15.0 Å². The lowest BCUT2D eigenvalue weighted by atomic mass is 10.2. The van der Waals surface area contributed by atoms with Crippen LogP contribution in [-0.4, -0.2) is 20.9 Å². The summed E-state index contributed by atoms with van der Waals surface area (Å²) in [5.74, 6) is 1.16. The van der Waals surface area contributed by atoms with E-state index in [2.05, 4.69) is 30.9 Å². The van der Waals surface area contributed by atoms with Crippen LogP contribution in [0.4, 0.5) is 23.1 Å². The van der Waals surface area contributed by atoms with E-state index in [1.165, 1.54) is 6.92 Å². The van der Waals surface area contributed by atoms with Crippen molar-refractivity contribution in [2.24, 2.45) is 0 Å². The van der Waals surface area contributed by atoms with Crippen LogP contribution in [0.5, 0.6) is 0 Å².